The average Bonchev–Trinajstić information content (AvgIpc) is 2.41. The predicted molar refractivity (Wildman–Crippen MR) is 87.6 cm³/mol. The van der Waals surface area contributed by atoms with E-state index in [1.54, 1.807) is 6.07 Å². The van der Waals surface area contributed by atoms with Gasteiger partial charge < -0.3 is 10.1 Å². The van der Waals surface area contributed by atoms with Gasteiger partial charge in [0, 0.05) is 23.5 Å². The van der Waals surface area contributed by atoms with E-state index in [9.17, 15) is 0 Å². The van der Waals surface area contributed by atoms with Gasteiger partial charge >= 0.3 is 0 Å². The number of aromatic nitrogens is 2. The zero-order valence-corrected chi connectivity index (χ0v) is 14.6. The van der Waals surface area contributed by atoms with Crippen LogP contribution in [0.3, 0.4) is 0 Å². The fourth-order valence-corrected chi connectivity index (χ4v) is 2.68. The summed E-state index contributed by atoms with van der Waals surface area (Å²) in [5, 5.41) is 3.02. The molecule has 0 spiro atoms. The summed E-state index contributed by atoms with van der Waals surface area (Å²) < 4.78 is 7.69. The van der Waals surface area contributed by atoms with Crippen molar-refractivity contribution in [3.63, 3.8) is 0 Å². The van der Waals surface area contributed by atoms with Crippen molar-refractivity contribution in [3.8, 4) is 11.6 Å². The van der Waals surface area contributed by atoms with Gasteiger partial charge in [-0.2, -0.15) is 4.98 Å². The zero-order chi connectivity index (χ0) is 14.7. The Hall–Kier alpha value is -1.14. The number of nitrogens with one attached hydrogen (secondary N) is 1. The Bertz CT molecular complexity index is 617. The van der Waals surface area contributed by atoms with Crippen molar-refractivity contribution in [2.75, 3.05) is 12.4 Å². The maximum absolute atomic E-state index is 5.84. The monoisotopic (exact) mass is 399 g/mol. The highest BCUT2D eigenvalue weighted by Crippen LogP contribution is 2.32. The van der Waals surface area contributed by atoms with E-state index in [0.717, 1.165) is 20.6 Å². The van der Waals surface area contributed by atoms with Crippen LogP contribution >= 0.6 is 31.9 Å². The van der Waals surface area contributed by atoms with Gasteiger partial charge in [-0.3, -0.25) is 0 Å². The Morgan fingerprint density at radius 1 is 1.15 bits per heavy atom. The van der Waals surface area contributed by atoms with Crippen LogP contribution in [-0.4, -0.2) is 17.0 Å². The molecule has 0 bridgehead atoms. The molecule has 1 N–H and O–H groups in total. The largest absolute Gasteiger partial charge is 0.438 e. The second-order valence-corrected chi connectivity index (χ2v) is 6.30. The van der Waals surface area contributed by atoms with Crippen molar-refractivity contribution in [2.24, 2.45) is 0 Å². The van der Waals surface area contributed by atoms with Crippen molar-refractivity contribution in [2.45, 2.75) is 19.8 Å². The summed E-state index contributed by atoms with van der Waals surface area (Å²) >= 11 is 6.89. The van der Waals surface area contributed by atoms with Crippen LogP contribution in [0, 0.1) is 0 Å². The first-order valence-corrected chi connectivity index (χ1v) is 7.78. The first-order chi connectivity index (χ1) is 9.49. The number of hydrogen-bond acceptors (Lipinski definition) is 4. The molecule has 0 aliphatic rings. The highest BCUT2D eigenvalue weighted by atomic mass is 79.9. The summed E-state index contributed by atoms with van der Waals surface area (Å²) in [5.74, 6) is 2.96. The molecule has 2 rings (SSSR count). The molecule has 0 aliphatic carbocycles. The lowest BCUT2D eigenvalue weighted by Crippen LogP contribution is -2.03. The molecule has 0 unspecified atom stereocenters. The van der Waals surface area contributed by atoms with Crippen LogP contribution in [0.25, 0.3) is 0 Å². The molecule has 0 fully saturated rings. The first-order valence-electron chi connectivity index (χ1n) is 6.19. The van der Waals surface area contributed by atoms with Gasteiger partial charge in [-0.25, -0.2) is 4.98 Å². The van der Waals surface area contributed by atoms with E-state index in [-0.39, 0.29) is 5.92 Å². The van der Waals surface area contributed by atoms with Gasteiger partial charge in [0.1, 0.15) is 17.4 Å². The molecule has 0 saturated carbocycles. The highest BCUT2D eigenvalue weighted by Gasteiger charge is 2.10. The van der Waals surface area contributed by atoms with E-state index in [0.29, 0.717) is 11.6 Å². The molecule has 1 aromatic heterocycles. The second-order valence-electron chi connectivity index (χ2n) is 4.53. The minimum absolute atomic E-state index is 0.235. The molecule has 1 heterocycles. The fourth-order valence-electron chi connectivity index (χ4n) is 1.55. The molecule has 0 amide bonds. The SMILES string of the molecule is CNc1cc(Oc2ccc(Br)cc2Br)nc(C(C)C)n1. The van der Waals surface area contributed by atoms with Crippen molar-refractivity contribution >= 4 is 37.7 Å². The van der Waals surface area contributed by atoms with Crippen LogP contribution < -0.4 is 10.1 Å². The summed E-state index contributed by atoms with van der Waals surface area (Å²) in [5.41, 5.74) is 0. The van der Waals surface area contributed by atoms with Gasteiger partial charge in [0.15, 0.2) is 0 Å². The maximum atomic E-state index is 5.84. The quantitative estimate of drug-likeness (QED) is 0.787. The summed E-state index contributed by atoms with van der Waals surface area (Å²) in [4.78, 5) is 8.84. The molecular formula is C14H15Br2N3O. The normalized spacial score (nSPS) is 10.7. The number of anilines is 1. The number of hydrogen-bond donors (Lipinski definition) is 1. The Morgan fingerprint density at radius 2 is 1.90 bits per heavy atom. The number of rotatable bonds is 4. The smallest absolute Gasteiger partial charge is 0.224 e. The molecule has 1 aromatic carbocycles. The third-order valence-corrected chi connectivity index (χ3v) is 3.71. The van der Waals surface area contributed by atoms with Gasteiger partial charge in [0.05, 0.1) is 4.47 Å². The molecule has 6 heteroatoms. The van der Waals surface area contributed by atoms with Gasteiger partial charge in [0.2, 0.25) is 5.88 Å². The summed E-state index contributed by atoms with van der Waals surface area (Å²) in [7, 11) is 1.83. The molecule has 20 heavy (non-hydrogen) atoms. The molecule has 0 aliphatic heterocycles. The lowest BCUT2D eigenvalue weighted by atomic mass is 10.2. The minimum atomic E-state index is 0.235. The van der Waals surface area contributed by atoms with Crippen LogP contribution in [0.15, 0.2) is 33.2 Å². The predicted octanol–water partition coefficient (Wildman–Crippen LogP) is 4.96. The molecule has 0 atom stereocenters. The lowest BCUT2D eigenvalue weighted by molar-refractivity contribution is 0.454. The van der Waals surface area contributed by atoms with E-state index < -0.39 is 0 Å². The summed E-state index contributed by atoms with van der Waals surface area (Å²) in [6.07, 6.45) is 0. The van der Waals surface area contributed by atoms with Crippen molar-refractivity contribution in [1.29, 1.82) is 0 Å². The van der Waals surface area contributed by atoms with Crippen LogP contribution in [0.1, 0.15) is 25.6 Å². The topological polar surface area (TPSA) is 47.0 Å². The Balaban J connectivity index is 2.34. The lowest BCUT2D eigenvalue weighted by Gasteiger charge is -2.11. The van der Waals surface area contributed by atoms with Gasteiger partial charge in [-0.05, 0) is 34.1 Å². The number of halogens is 2. The minimum Gasteiger partial charge on any atom is -0.438 e. The van der Waals surface area contributed by atoms with Gasteiger partial charge in [-0.1, -0.05) is 29.8 Å². The second kappa shape index (κ2) is 6.54. The Kier molecular flexibility index (Phi) is 4.99. The van der Waals surface area contributed by atoms with E-state index in [2.05, 4.69) is 47.1 Å². The van der Waals surface area contributed by atoms with Gasteiger partial charge in [-0.15, -0.1) is 0 Å². The molecule has 0 saturated heterocycles. The third-order valence-electron chi connectivity index (χ3n) is 2.60. The van der Waals surface area contributed by atoms with E-state index >= 15 is 0 Å². The standard InChI is InChI=1S/C14H15Br2N3O/c1-8(2)14-18-12(17-3)7-13(19-14)20-11-5-4-9(15)6-10(11)16/h4-8H,1-3H3,(H,17,18,19). The molecule has 0 radical (unpaired) electrons. The summed E-state index contributed by atoms with van der Waals surface area (Å²) in [6, 6.07) is 7.51. The fraction of sp³-hybridized carbons (Fsp3) is 0.286. The zero-order valence-electron chi connectivity index (χ0n) is 11.4. The van der Waals surface area contributed by atoms with Crippen molar-refractivity contribution in [3.05, 3.63) is 39.0 Å². The van der Waals surface area contributed by atoms with Crippen LogP contribution in [0.4, 0.5) is 5.82 Å². The van der Waals surface area contributed by atoms with Crippen LogP contribution in [0.5, 0.6) is 11.6 Å². The molecule has 106 valence electrons. The third kappa shape index (κ3) is 3.70. The molecule has 4 nitrogen and oxygen atoms in total. The molecule has 2 aromatic rings. The number of nitrogens with zero attached hydrogens (tertiary/aromatic N) is 2. The Labute approximate surface area is 135 Å². The number of benzene rings is 1. The molecular weight excluding hydrogens is 386 g/mol. The van der Waals surface area contributed by atoms with Gasteiger partial charge in [0.25, 0.3) is 0 Å². The van der Waals surface area contributed by atoms with Crippen molar-refractivity contribution < 1.29 is 4.74 Å². The first kappa shape index (κ1) is 15.3. The van der Waals surface area contributed by atoms with Crippen molar-refractivity contribution in [1.82, 2.24) is 9.97 Å². The van der Waals surface area contributed by atoms with E-state index in [1.807, 2.05) is 39.1 Å². The maximum Gasteiger partial charge on any atom is 0.224 e. The average molecular weight is 401 g/mol. The van der Waals surface area contributed by atoms with Crippen LogP contribution in [-0.2, 0) is 0 Å². The van der Waals surface area contributed by atoms with Crippen LogP contribution in [0.2, 0.25) is 0 Å². The van der Waals surface area contributed by atoms with E-state index in [4.69, 9.17) is 4.74 Å². The summed E-state index contributed by atoms with van der Waals surface area (Å²) in [6.45, 7) is 4.10. The Morgan fingerprint density at radius 3 is 2.50 bits per heavy atom. The number of ether oxygens (including phenoxy) is 1. The van der Waals surface area contributed by atoms with E-state index in [1.165, 1.54) is 0 Å². The highest BCUT2D eigenvalue weighted by molar-refractivity contribution is 9.11.